The third-order valence-electron chi connectivity index (χ3n) is 6.03. The van der Waals surface area contributed by atoms with Crippen LogP contribution in [0.3, 0.4) is 0 Å². The molecule has 1 N–H and O–H groups in total. The van der Waals surface area contributed by atoms with E-state index in [4.69, 9.17) is 15.5 Å². The van der Waals surface area contributed by atoms with E-state index in [0.29, 0.717) is 10.9 Å². The van der Waals surface area contributed by atoms with E-state index >= 15 is 0 Å². The number of thioether (sulfide) groups is 1. The summed E-state index contributed by atoms with van der Waals surface area (Å²) in [5, 5.41) is 17.2. The van der Waals surface area contributed by atoms with Crippen molar-refractivity contribution >= 4 is 56.7 Å². The summed E-state index contributed by atoms with van der Waals surface area (Å²) >= 11 is 2.91. The Morgan fingerprint density at radius 2 is 1.83 bits per heavy atom. The first-order valence-corrected chi connectivity index (χ1v) is 13.3. The van der Waals surface area contributed by atoms with Gasteiger partial charge >= 0.3 is 0 Å². The zero-order valence-electron chi connectivity index (χ0n) is 19.7. The van der Waals surface area contributed by atoms with Gasteiger partial charge in [-0.1, -0.05) is 90.2 Å². The lowest BCUT2D eigenvalue weighted by molar-refractivity contribution is -0.114. The molecule has 0 unspecified atom stereocenters. The fraction of sp³-hybridized carbons (Fsp3) is 0.148. The number of fused-ring (bicyclic) bond motifs is 2. The molecule has 36 heavy (non-hydrogen) atoms. The van der Waals surface area contributed by atoms with Crippen molar-refractivity contribution in [1.82, 2.24) is 19.5 Å². The molecule has 2 aromatic heterocycles. The van der Waals surface area contributed by atoms with Gasteiger partial charge in [-0.25, -0.2) is 9.50 Å². The Morgan fingerprint density at radius 3 is 2.58 bits per heavy atom. The highest BCUT2D eigenvalue weighted by Gasteiger charge is 2.36. The molecule has 0 atom stereocenters. The number of rotatable bonds is 5. The van der Waals surface area contributed by atoms with Crippen molar-refractivity contribution in [2.45, 2.75) is 26.7 Å². The lowest BCUT2D eigenvalue weighted by Gasteiger charge is -2.26. The summed E-state index contributed by atoms with van der Waals surface area (Å²) in [6.07, 6.45) is 3.57. The molecule has 0 aliphatic carbocycles. The highest BCUT2D eigenvalue weighted by Crippen LogP contribution is 2.38. The van der Waals surface area contributed by atoms with Gasteiger partial charge in [0.25, 0.3) is 5.91 Å². The van der Waals surface area contributed by atoms with Gasteiger partial charge in [0.05, 0.1) is 22.7 Å². The van der Waals surface area contributed by atoms with E-state index in [1.165, 1.54) is 11.8 Å². The lowest BCUT2D eigenvalue weighted by atomic mass is 10.0. The molecule has 1 amide bonds. The molecule has 2 aliphatic heterocycles. The molecule has 0 bridgehead atoms. The Morgan fingerprint density at radius 1 is 1.06 bits per heavy atom. The van der Waals surface area contributed by atoms with Crippen molar-refractivity contribution in [3.63, 3.8) is 0 Å². The average Bonchev–Trinajstić information content (AvgIpc) is 3.56. The van der Waals surface area contributed by atoms with Crippen LogP contribution in [-0.2, 0) is 11.2 Å². The number of imidazole rings is 1. The molecular formula is C27H22N6OS2. The highest BCUT2D eigenvalue weighted by molar-refractivity contribution is 8.17. The van der Waals surface area contributed by atoms with Crippen LogP contribution in [0.1, 0.15) is 35.2 Å². The van der Waals surface area contributed by atoms with E-state index in [1.54, 1.807) is 26.8 Å². The first-order chi connectivity index (χ1) is 17.5. The number of carbonyl (C=O) groups is 1. The summed E-state index contributed by atoms with van der Waals surface area (Å²) in [6.45, 7) is 4.16. The maximum atomic E-state index is 13.1. The van der Waals surface area contributed by atoms with Crippen LogP contribution in [0, 0.1) is 12.3 Å². The van der Waals surface area contributed by atoms with Crippen molar-refractivity contribution in [2.24, 2.45) is 4.99 Å². The molecule has 0 saturated carbocycles. The van der Waals surface area contributed by atoms with E-state index in [0.717, 1.165) is 50.9 Å². The van der Waals surface area contributed by atoms with Crippen molar-refractivity contribution in [2.75, 3.05) is 0 Å². The second-order valence-electron chi connectivity index (χ2n) is 8.58. The predicted octanol–water partition coefficient (Wildman–Crippen LogP) is 6.02. The Labute approximate surface area is 216 Å². The number of aliphatic imine (C=N–C) groups is 1. The minimum Gasteiger partial charge on any atom is -0.283 e. The summed E-state index contributed by atoms with van der Waals surface area (Å²) in [5.74, 6) is -0.339. The van der Waals surface area contributed by atoms with E-state index in [1.807, 2.05) is 66.9 Å². The maximum Gasteiger partial charge on any atom is 0.283 e. The van der Waals surface area contributed by atoms with Crippen LogP contribution in [-0.4, -0.2) is 36.4 Å². The summed E-state index contributed by atoms with van der Waals surface area (Å²) in [7, 11) is 0. The molecule has 2 aromatic carbocycles. The number of carbonyl (C=O) groups excluding carboxylic acids is 1. The third-order valence-corrected chi connectivity index (χ3v) is 7.83. The lowest BCUT2D eigenvalue weighted by Crippen LogP contribution is -2.38. The zero-order chi connectivity index (χ0) is 24.8. The molecule has 2 aliphatic rings. The van der Waals surface area contributed by atoms with E-state index in [-0.39, 0.29) is 11.4 Å². The zero-order valence-corrected chi connectivity index (χ0v) is 21.4. The number of amides is 1. The normalized spacial score (nSPS) is 16.6. The fourth-order valence-corrected chi connectivity index (χ4v) is 6.11. The highest BCUT2D eigenvalue weighted by atomic mass is 32.2. The summed E-state index contributed by atoms with van der Waals surface area (Å²) < 4.78 is 1.80. The second-order valence-corrected chi connectivity index (χ2v) is 10.5. The first-order valence-electron chi connectivity index (χ1n) is 11.6. The van der Waals surface area contributed by atoms with Gasteiger partial charge in [-0.3, -0.25) is 15.1 Å². The predicted molar refractivity (Wildman–Crippen MR) is 147 cm³/mol. The molecule has 0 spiro atoms. The maximum absolute atomic E-state index is 13.1. The number of aryl methyl sites for hydroxylation is 2. The van der Waals surface area contributed by atoms with Crippen molar-refractivity contribution in [3.8, 4) is 11.3 Å². The molecule has 178 valence electrons. The molecular weight excluding hydrogens is 488 g/mol. The third kappa shape index (κ3) is 3.81. The number of hydrogen-bond donors (Lipinski definition) is 1. The standard InChI is InChI=1S/C27H22N6OS2/c1-3-7-22-31-33-20(23(29-27(33)36-22)18-12-10-16(2)11-13-18)14-19-24(28)32-21(17-8-5-4-6-9-17)15-35-26(32)30-25(19)34/h4-6,8-15,28H,3,7H2,1-2H3/b19-14-,28-24?. The van der Waals surface area contributed by atoms with Gasteiger partial charge in [0.1, 0.15) is 10.8 Å². The van der Waals surface area contributed by atoms with Gasteiger partial charge in [0.2, 0.25) is 4.96 Å². The van der Waals surface area contributed by atoms with Gasteiger partial charge < -0.3 is 0 Å². The summed E-state index contributed by atoms with van der Waals surface area (Å²) in [4.78, 5) is 24.9. The number of aromatic nitrogens is 3. The minimum atomic E-state index is -0.435. The van der Waals surface area contributed by atoms with Crippen molar-refractivity contribution in [3.05, 3.63) is 87.4 Å². The number of amidine groups is 2. The van der Waals surface area contributed by atoms with Crippen molar-refractivity contribution < 1.29 is 4.79 Å². The molecule has 4 aromatic rings. The number of nitrogens with one attached hydrogen (secondary N) is 1. The van der Waals surface area contributed by atoms with Crippen LogP contribution < -0.4 is 0 Å². The van der Waals surface area contributed by atoms with Gasteiger partial charge in [0.15, 0.2) is 5.17 Å². The van der Waals surface area contributed by atoms with Crippen LogP contribution in [0.15, 0.2) is 70.6 Å². The SMILES string of the molecule is CCCc1nn2c(/C=C3/C(=N)N4C(c5ccccc5)=CSC4=NC3=O)c(-c3ccc(C)cc3)nc2s1. The van der Waals surface area contributed by atoms with Gasteiger partial charge in [-0.15, -0.1) is 0 Å². The quantitative estimate of drug-likeness (QED) is 0.332. The van der Waals surface area contributed by atoms with Crippen LogP contribution in [0.2, 0.25) is 0 Å². The van der Waals surface area contributed by atoms with Crippen LogP contribution >= 0.6 is 23.1 Å². The van der Waals surface area contributed by atoms with E-state index in [9.17, 15) is 4.79 Å². The van der Waals surface area contributed by atoms with Crippen LogP contribution in [0.25, 0.3) is 28.0 Å². The Bertz CT molecular complexity index is 1610. The number of benzene rings is 2. The Balaban J connectivity index is 1.49. The second kappa shape index (κ2) is 9.00. The molecule has 0 fully saturated rings. The molecule has 0 saturated heterocycles. The Hall–Kier alpha value is -3.82. The Kier molecular flexibility index (Phi) is 5.66. The summed E-state index contributed by atoms with van der Waals surface area (Å²) in [6, 6.07) is 18.0. The van der Waals surface area contributed by atoms with Crippen molar-refractivity contribution in [1.29, 1.82) is 5.41 Å². The average molecular weight is 511 g/mol. The topological polar surface area (TPSA) is 86.7 Å². The fourth-order valence-electron chi connectivity index (χ4n) is 4.22. The minimum absolute atomic E-state index is 0.0962. The summed E-state index contributed by atoms with van der Waals surface area (Å²) in [5.41, 5.74) is 5.50. The van der Waals surface area contributed by atoms with Crippen LogP contribution in [0.4, 0.5) is 0 Å². The number of nitrogens with zero attached hydrogens (tertiary/aromatic N) is 5. The van der Waals surface area contributed by atoms with Gasteiger partial charge in [0, 0.05) is 17.4 Å². The van der Waals surface area contributed by atoms with Gasteiger partial charge in [-0.05, 0) is 25.0 Å². The smallest absolute Gasteiger partial charge is 0.283 e. The van der Waals surface area contributed by atoms with Gasteiger partial charge in [-0.2, -0.15) is 10.1 Å². The van der Waals surface area contributed by atoms with Crippen LogP contribution in [0.5, 0.6) is 0 Å². The van der Waals surface area contributed by atoms with E-state index in [2.05, 4.69) is 11.9 Å². The first kappa shape index (κ1) is 22.6. The molecule has 0 radical (unpaired) electrons. The number of hydrogen-bond acceptors (Lipinski definition) is 6. The molecule has 9 heteroatoms. The van der Waals surface area contributed by atoms with E-state index < -0.39 is 5.91 Å². The molecule has 7 nitrogen and oxygen atoms in total. The molecule has 4 heterocycles. The molecule has 6 rings (SSSR count). The monoisotopic (exact) mass is 510 g/mol. The largest absolute Gasteiger partial charge is 0.283 e.